The molecule has 0 heterocycles. The minimum atomic E-state index is 0.689. The van der Waals surface area contributed by atoms with Gasteiger partial charge in [-0.15, -0.1) is 0 Å². The molecule has 0 aromatic heterocycles. The van der Waals surface area contributed by atoms with Gasteiger partial charge in [0, 0.05) is 16.0 Å². The van der Waals surface area contributed by atoms with Gasteiger partial charge in [0.2, 0.25) is 0 Å². The number of nitrogens with two attached hydrogens (primary N) is 1. The van der Waals surface area contributed by atoms with Gasteiger partial charge in [-0.2, -0.15) is 11.8 Å². The summed E-state index contributed by atoms with van der Waals surface area (Å²) in [6, 6.07) is 8.15. The number of hydrogen-bond acceptors (Lipinski definition) is 2. The van der Waals surface area contributed by atoms with Crippen molar-refractivity contribution in [3.63, 3.8) is 0 Å². The molecule has 2 N–H and O–H groups in total. The number of benzene rings is 1. The van der Waals surface area contributed by atoms with E-state index in [1.54, 1.807) is 0 Å². The van der Waals surface area contributed by atoms with Gasteiger partial charge in [0.25, 0.3) is 0 Å². The summed E-state index contributed by atoms with van der Waals surface area (Å²) < 4.78 is 0. The van der Waals surface area contributed by atoms with E-state index in [2.05, 4.69) is 19.1 Å². The molecular formula is C15H22ClNS. The second-order valence-corrected chi connectivity index (χ2v) is 6.99. The molecule has 1 aromatic carbocycles. The predicted octanol–water partition coefficient (Wildman–Crippen LogP) is 4.34. The number of rotatable bonds is 4. The van der Waals surface area contributed by atoms with Gasteiger partial charge in [0.1, 0.15) is 0 Å². The highest BCUT2D eigenvalue weighted by atomic mass is 35.5. The lowest BCUT2D eigenvalue weighted by molar-refractivity contribution is 0.306. The third kappa shape index (κ3) is 3.66. The van der Waals surface area contributed by atoms with E-state index in [4.69, 9.17) is 17.3 Å². The van der Waals surface area contributed by atoms with Gasteiger partial charge in [-0.25, -0.2) is 0 Å². The van der Waals surface area contributed by atoms with Crippen LogP contribution in [0.2, 0.25) is 5.02 Å². The van der Waals surface area contributed by atoms with Crippen molar-refractivity contribution in [2.75, 3.05) is 6.54 Å². The second kappa shape index (κ2) is 6.83. The van der Waals surface area contributed by atoms with Gasteiger partial charge < -0.3 is 5.73 Å². The highest BCUT2D eigenvalue weighted by molar-refractivity contribution is 7.99. The molecule has 0 aliphatic heterocycles. The summed E-state index contributed by atoms with van der Waals surface area (Å²) in [5.41, 5.74) is 7.15. The zero-order valence-electron chi connectivity index (χ0n) is 10.9. The largest absolute Gasteiger partial charge is 0.330 e. The molecule has 3 unspecified atom stereocenters. The Labute approximate surface area is 119 Å². The van der Waals surface area contributed by atoms with Crippen LogP contribution in [0.3, 0.4) is 0 Å². The molecular weight excluding hydrogens is 262 g/mol. The van der Waals surface area contributed by atoms with Crippen molar-refractivity contribution in [3.05, 3.63) is 34.9 Å². The van der Waals surface area contributed by atoms with Gasteiger partial charge in [0.05, 0.1) is 0 Å². The SMILES string of the molecule is CC1CCC(CN)C(SCc2ccccc2Cl)C1. The predicted molar refractivity (Wildman–Crippen MR) is 82.1 cm³/mol. The highest BCUT2D eigenvalue weighted by Crippen LogP contribution is 2.37. The number of thioether (sulfide) groups is 1. The van der Waals surface area contributed by atoms with Crippen LogP contribution in [0.25, 0.3) is 0 Å². The molecule has 0 saturated heterocycles. The lowest BCUT2D eigenvalue weighted by Gasteiger charge is -2.33. The second-order valence-electron chi connectivity index (χ2n) is 5.35. The molecule has 1 nitrogen and oxygen atoms in total. The summed E-state index contributed by atoms with van der Waals surface area (Å²) in [5, 5.41) is 1.59. The normalized spacial score (nSPS) is 28.3. The van der Waals surface area contributed by atoms with Crippen molar-refractivity contribution in [2.45, 2.75) is 37.2 Å². The summed E-state index contributed by atoms with van der Waals surface area (Å²) in [7, 11) is 0. The first kappa shape index (κ1) is 14.2. The molecule has 1 saturated carbocycles. The molecule has 18 heavy (non-hydrogen) atoms. The third-order valence-electron chi connectivity index (χ3n) is 3.90. The Morgan fingerprint density at radius 3 is 2.83 bits per heavy atom. The van der Waals surface area contributed by atoms with Crippen LogP contribution >= 0.6 is 23.4 Å². The summed E-state index contributed by atoms with van der Waals surface area (Å²) in [6.45, 7) is 3.18. The van der Waals surface area contributed by atoms with Crippen molar-refractivity contribution in [3.8, 4) is 0 Å². The van der Waals surface area contributed by atoms with Gasteiger partial charge >= 0.3 is 0 Å². The van der Waals surface area contributed by atoms with Crippen molar-refractivity contribution < 1.29 is 0 Å². The fraction of sp³-hybridized carbons (Fsp3) is 0.600. The first-order valence-electron chi connectivity index (χ1n) is 6.75. The van der Waals surface area contributed by atoms with E-state index in [9.17, 15) is 0 Å². The number of hydrogen-bond donors (Lipinski definition) is 1. The molecule has 0 bridgehead atoms. The molecule has 2 rings (SSSR count). The Hall–Kier alpha value is -0.180. The maximum Gasteiger partial charge on any atom is 0.0446 e. The van der Waals surface area contributed by atoms with Crippen LogP contribution in [0.4, 0.5) is 0 Å². The van der Waals surface area contributed by atoms with E-state index < -0.39 is 0 Å². The lowest BCUT2D eigenvalue weighted by atomic mass is 9.82. The smallest absolute Gasteiger partial charge is 0.0446 e. The van der Waals surface area contributed by atoms with Crippen LogP contribution in [0.1, 0.15) is 31.7 Å². The van der Waals surface area contributed by atoms with E-state index in [0.717, 1.165) is 23.2 Å². The standard InChI is InChI=1S/C15H22ClNS/c1-11-6-7-12(9-17)15(8-11)18-10-13-4-2-3-5-14(13)16/h2-5,11-12,15H,6-10,17H2,1H3. The van der Waals surface area contributed by atoms with E-state index >= 15 is 0 Å². The Kier molecular flexibility index (Phi) is 5.40. The zero-order chi connectivity index (χ0) is 13.0. The maximum atomic E-state index is 6.20. The average molecular weight is 284 g/mol. The van der Waals surface area contributed by atoms with E-state index in [-0.39, 0.29) is 0 Å². The van der Waals surface area contributed by atoms with Gasteiger partial charge in [-0.3, -0.25) is 0 Å². The molecule has 0 spiro atoms. The molecule has 1 fully saturated rings. The molecule has 3 heteroatoms. The maximum absolute atomic E-state index is 6.20. The van der Waals surface area contributed by atoms with Gasteiger partial charge in [-0.05, 0) is 42.9 Å². The molecule has 0 radical (unpaired) electrons. The van der Waals surface area contributed by atoms with Crippen LogP contribution < -0.4 is 5.73 Å². The first-order chi connectivity index (χ1) is 8.70. The van der Waals surface area contributed by atoms with Crippen LogP contribution in [0, 0.1) is 11.8 Å². The molecule has 1 aliphatic rings. The quantitative estimate of drug-likeness (QED) is 0.890. The van der Waals surface area contributed by atoms with Gasteiger partial charge in [0.15, 0.2) is 0 Å². The van der Waals surface area contributed by atoms with Crippen LogP contribution in [-0.4, -0.2) is 11.8 Å². The van der Waals surface area contributed by atoms with Crippen molar-refractivity contribution in [1.29, 1.82) is 0 Å². The highest BCUT2D eigenvalue weighted by Gasteiger charge is 2.27. The summed E-state index contributed by atoms with van der Waals surface area (Å²) in [6.07, 6.45) is 3.93. The molecule has 100 valence electrons. The van der Waals surface area contributed by atoms with Crippen molar-refractivity contribution >= 4 is 23.4 Å². The fourth-order valence-electron chi connectivity index (χ4n) is 2.68. The minimum Gasteiger partial charge on any atom is -0.330 e. The Balaban J connectivity index is 1.93. The summed E-state index contributed by atoms with van der Waals surface area (Å²) in [4.78, 5) is 0. The topological polar surface area (TPSA) is 26.0 Å². The van der Waals surface area contributed by atoms with E-state index in [1.807, 2.05) is 23.9 Å². The average Bonchev–Trinajstić information content (AvgIpc) is 2.38. The van der Waals surface area contributed by atoms with Crippen molar-refractivity contribution in [2.24, 2.45) is 17.6 Å². The Morgan fingerprint density at radius 1 is 1.33 bits per heavy atom. The first-order valence-corrected chi connectivity index (χ1v) is 8.18. The van der Waals surface area contributed by atoms with E-state index in [0.29, 0.717) is 11.2 Å². The van der Waals surface area contributed by atoms with Crippen LogP contribution in [0.5, 0.6) is 0 Å². The molecule has 1 aliphatic carbocycles. The Morgan fingerprint density at radius 2 is 2.11 bits per heavy atom. The van der Waals surface area contributed by atoms with Crippen LogP contribution in [0.15, 0.2) is 24.3 Å². The number of halogens is 1. The molecule has 0 amide bonds. The van der Waals surface area contributed by atoms with Gasteiger partial charge in [-0.1, -0.05) is 43.1 Å². The Bertz CT molecular complexity index is 383. The van der Waals surface area contributed by atoms with E-state index in [1.165, 1.54) is 24.8 Å². The molecule has 3 atom stereocenters. The van der Waals surface area contributed by atoms with Crippen LogP contribution in [-0.2, 0) is 5.75 Å². The minimum absolute atomic E-state index is 0.689. The summed E-state index contributed by atoms with van der Waals surface area (Å²) >= 11 is 8.24. The zero-order valence-corrected chi connectivity index (χ0v) is 12.5. The summed E-state index contributed by atoms with van der Waals surface area (Å²) in [5.74, 6) is 2.54. The molecule has 1 aromatic rings. The lowest BCUT2D eigenvalue weighted by Crippen LogP contribution is -2.31. The fourth-order valence-corrected chi connectivity index (χ4v) is 4.59. The third-order valence-corrected chi connectivity index (χ3v) is 5.76. The monoisotopic (exact) mass is 283 g/mol. The van der Waals surface area contributed by atoms with Crippen molar-refractivity contribution in [1.82, 2.24) is 0 Å².